The zero-order valence-electron chi connectivity index (χ0n) is 12.2. The maximum Gasteiger partial charge on any atom is 0.248 e. The van der Waals surface area contributed by atoms with E-state index in [1.165, 1.54) is 0 Å². The van der Waals surface area contributed by atoms with Crippen molar-refractivity contribution in [1.82, 2.24) is 15.2 Å². The molecule has 0 radical (unpaired) electrons. The molecule has 0 spiro atoms. The van der Waals surface area contributed by atoms with Crippen molar-refractivity contribution >= 4 is 5.95 Å². The van der Waals surface area contributed by atoms with Gasteiger partial charge in [0, 0.05) is 31.8 Å². The normalized spacial score (nSPS) is 24.4. The second-order valence-corrected chi connectivity index (χ2v) is 6.32. The van der Waals surface area contributed by atoms with E-state index in [-0.39, 0.29) is 18.8 Å². The number of aromatic nitrogens is 3. The van der Waals surface area contributed by atoms with Crippen molar-refractivity contribution in [3.05, 3.63) is 5.82 Å². The number of halogens is 2. The van der Waals surface area contributed by atoms with Gasteiger partial charge in [-0.05, 0) is 38.1 Å². The molecule has 0 bridgehead atoms. The van der Waals surface area contributed by atoms with Crippen LogP contribution in [0.5, 0.6) is 0 Å². The molecule has 0 unspecified atom stereocenters. The van der Waals surface area contributed by atoms with E-state index in [0.717, 1.165) is 38.3 Å². The molecule has 0 aromatic carbocycles. The largest absolute Gasteiger partial charge is 0.340 e. The standard InChI is InChI=1S/C14H23F2N5/c15-14(16)5-1-11(2-6-14)12-18-13(20-19-12)21-7-3-10(9-17)4-8-21/h10-11H,1-9,17H2,(H,18,19,20). The number of piperidine rings is 1. The fourth-order valence-electron chi connectivity index (χ4n) is 3.27. The van der Waals surface area contributed by atoms with Crippen molar-refractivity contribution in [2.45, 2.75) is 50.4 Å². The Labute approximate surface area is 123 Å². The molecule has 2 aliphatic rings. The van der Waals surface area contributed by atoms with Gasteiger partial charge in [0.15, 0.2) is 0 Å². The molecule has 7 heteroatoms. The highest BCUT2D eigenvalue weighted by Gasteiger charge is 2.36. The number of nitrogens with one attached hydrogen (secondary N) is 1. The Morgan fingerprint density at radius 3 is 2.48 bits per heavy atom. The minimum Gasteiger partial charge on any atom is -0.340 e. The molecule has 3 N–H and O–H groups in total. The van der Waals surface area contributed by atoms with Gasteiger partial charge in [-0.25, -0.2) is 8.78 Å². The van der Waals surface area contributed by atoms with Crippen LogP contribution in [0.4, 0.5) is 14.7 Å². The lowest BCUT2D eigenvalue weighted by Gasteiger charge is -2.30. The molecule has 2 heterocycles. The van der Waals surface area contributed by atoms with E-state index in [9.17, 15) is 8.78 Å². The molecule has 1 aliphatic heterocycles. The van der Waals surface area contributed by atoms with Gasteiger partial charge in [-0.2, -0.15) is 4.98 Å². The van der Waals surface area contributed by atoms with Crippen LogP contribution in [0.3, 0.4) is 0 Å². The highest BCUT2D eigenvalue weighted by Crippen LogP contribution is 2.40. The van der Waals surface area contributed by atoms with E-state index in [4.69, 9.17) is 5.73 Å². The number of nitrogens with zero attached hydrogens (tertiary/aromatic N) is 3. The zero-order chi connectivity index (χ0) is 14.9. The second-order valence-electron chi connectivity index (χ2n) is 6.32. The summed E-state index contributed by atoms with van der Waals surface area (Å²) in [5.74, 6) is -0.337. The summed E-state index contributed by atoms with van der Waals surface area (Å²) >= 11 is 0. The van der Waals surface area contributed by atoms with Gasteiger partial charge in [-0.3, -0.25) is 5.10 Å². The van der Waals surface area contributed by atoms with Crippen LogP contribution in [0.1, 0.15) is 50.3 Å². The zero-order valence-corrected chi connectivity index (χ0v) is 12.2. The lowest BCUT2D eigenvalue weighted by Crippen LogP contribution is -2.36. The quantitative estimate of drug-likeness (QED) is 0.898. The second kappa shape index (κ2) is 5.87. The smallest absolute Gasteiger partial charge is 0.248 e. The van der Waals surface area contributed by atoms with Gasteiger partial charge < -0.3 is 10.6 Å². The van der Waals surface area contributed by atoms with Crippen LogP contribution >= 0.6 is 0 Å². The summed E-state index contributed by atoms with van der Waals surface area (Å²) in [6, 6.07) is 0. The molecule has 1 saturated heterocycles. The van der Waals surface area contributed by atoms with Crippen molar-refractivity contribution in [3.8, 4) is 0 Å². The van der Waals surface area contributed by atoms with E-state index in [2.05, 4.69) is 20.1 Å². The van der Waals surface area contributed by atoms with Crippen LogP contribution in [0, 0.1) is 5.92 Å². The highest BCUT2D eigenvalue weighted by atomic mass is 19.3. The average Bonchev–Trinajstić information content (AvgIpc) is 2.97. The Kier molecular flexibility index (Phi) is 4.10. The fraction of sp³-hybridized carbons (Fsp3) is 0.857. The first-order valence-electron chi connectivity index (χ1n) is 7.82. The van der Waals surface area contributed by atoms with Crippen molar-refractivity contribution in [1.29, 1.82) is 0 Å². The maximum atomic E-state index is 13.2. The van der Waals surface area contributed by atoms with Crippen molar-refractivity contribution in [2.75, 3.05) is 24.5 Å². The predicted molar refractivity (Wildman–Crippen MR) is 76.5 cm³/mol. The topological polar surface area (TPSA) is 70.8 Å². The molecule has 1 saturated carbocycles. The maximum absolute atomic E-state index is 13.2. The third kappa shape index (κ3) is 3.33. The summed E-state index contributed by atoms with van der Waals surface area (Å²) in [7, 11) is 0. The highest BCUT2D eigenvalue weighted by molar-refractivity contribution is 5.30. The Balaban J connectivity index is 1.59. The molecular formula is C14H23F2N5. The van der Waals surface area contributed by atoms with Crippen LogP contribution in [0.2, 0.25) is 0 Å². The monoisotopic (exact) mass is 299 g/mol. The Bertz CT molecular complexity index is 458. The van der Waals surface area contributed by atoms with Gasteiger partial charge in [0.2, 0.25) is 11.9 Å². The Morgan fingerprint density at radius 1 is 1.19 bits per heavy atom. The number of hydrogen-bond donors (Lipinski definition) is 2. The lowest BCUT2D eigenvalue weighted by molar-refractivity contribution is -0.0387. The molecule has 3 rings (SSSR count). The minimum absolute atomic E-state index is 0.0460. The van der Waals surface area contributed by atoms with Gasteiger partial charge >= 0.3 is 0 Å². The summed E-state index contributed by atoms with van der Waals surface area (Å²) in [4.78, 5) is 6.70. The van der Waals surface area contributed by atoms with Crippen LogP contribution in [0.25, 0.3) is 0 Å². The van der Waals surface area contributed by atoms with Gasteiger partial charge in [-0.15, -0.1) is 5.10 Å². The van der Waals surface area contributed by atoms with Gasteiger partial charge in [0.25, 0.3) is 0 Å². The first-order valence-corrected chi connectivity index (χ1v) is 7.82. The third-order valence-electron chi connectivity index (χ3n) is 4.83. The molecule has 118 valence electrons. The van der Waals surface area contributed by atoms with E-state index < -0.39 is 5.92 Å². The predicted octanol–water partition coefficient (Wildman–Crippen LogP) is 2.27. The van der Waals surface area contributed by atoms with Crippen LogP contribution < -0.4 is 10.6 Å². The summed E-state index contributed by atoms with van der Waals surface area (Å²) < 4.78 is 26.4. The molecule has 0 amide bonds. The summed E-state index contributed by atoms with van der Waals surface area (Å²) in [6.07, 6.45) is 3.00. The summed E-state index contributed by atoms with van der Waals surface area (Å²) in [5, 5.41) is 7.23. The lowest BCUT2D eigenvalue weighted by atomic mass is 9.86. The van der Waals surface area contributed by atoms with Crippen molar-refractivity contribution in [3.63, 3.8) is 0 Å². The third-order valence-corrected chi connectivity index (χ3v) is 4.83. The van der Waals surface area contributed by atoms with Crippen LogP contribution in [-0.2, 0) is 0 Å². The Hall–Kier alpha value is -1.24. The SMILES string of the molecule is NCC1CCN(c2n[nH]c(C3CCC(F)(F)CC3)n2)CC1. The van der Waals surface area contributed by atoms with E-state index in [0.29, 0.717) is 24.7 Å². The summed E-state index contributed by atoms with van der Waals surface area (Å²) in [5.41, 5.74) is 5.69. The molecule has 5 nitrogen and oxygen atoms in total. The van der Waals surface area contributed by atoms with E-state index >= 15 is 0 Å². The molecule has 2 fully saturated rings. The van der Waals surface area contributed by atoms with E-state index in [1.54, 1.807) is 0 Å². The van der Waals surface area contributed by atoms with E-state index in [1.807, 2.05) is 0 Å². The van der Waals surface area contributed by atoms with Crippen LogP contribution in [0.15, 0.2) is 0 Å². The molecule has 1 aromatic rings. The number of anilines is 1. The van der Waals surface area contributed by atoms with Gasteiger partial charge in [0.1, 0.15) is 5.82 Å². The first kappa shape index (κ1) is 14.7. The number of rotatable bonds is 3. The van der Waals surface area contributed by atoms with Crippen molar-refractivity contribution in [2.24, 2.45) is 11.7 Å². The Morgan fingerprint density at radius 2 is 1.86 bits per heavy atom. The average molecular weight is 299 g/mol. The fourth-order valence-corrected chi connectivity index (χ4v) is 3.27. The minimum atomic E-state index is -2.50. The molecule has 1 aliphatic carbocycles. The molecule has 21 heavy (non-hydrogen) atoms. The number of aromatic amines is 1. The molecule has 1 aromatic heterocycles. The van der Waals surface area contributed by atoms with Crippen molar-refractivity contribution < 1.29 is 8.78 Å². The number of H-pyrrole nitrogens is 1. The van der Waals surface area contributed by atoms with Crippen LogP contribution in [-0.4, -0.2) is 40.7 Å². The molecule has 0 atom stereocenters. The van der Waals surface area contributed by atoms with Gasteiger partial charge in [0.05, 0.1) is 0 Å². The van der Waals surface area contributed by atoms with Gasteiger partial charge in [-0.1, -0.05) is 0 Å². The number of alkyl halides is 2. The number of nitrogens with two attached hydrogens (primary N) is 1. The first-order chi connectivity index (χ1) is 10.1. The molecular weight excluding hydrogens is 276 g/mol. The summed E-state index contributed by atoms with van der Waals surface area (Å²) in [6.45, 7) is 2.58. The number of hydrogen-bond acceptors (Lipinski definition) is 4.